The van der Waals surface area contributed by atoms with Gasteiger partial charge in [-0.05, 0) is 31.9 Å². The van der Waals surface area contributed by atoms with Crippen molar-refractivity contribution >= 4 is 23.2 Å². The Morgan fingerprint density at radius 1 is 1.45 bits per heavy atom. The van der Waals surface area contributed by atoms with Crippen LogP contribution in [-0.4, -0.2) is 34.3 Å². The molecule has 0 bridgehead atoms. The molecule has 2 atom stereocenters. The molecule has 22 heavy (non-hydrogen) atoms. The van der Waals surface area contributed by atoms with E-state index in [1.165, 1.54) is 11.3 Å². The van der Waals surface area contributed by atoms with Gasteiger partial charge in [-0.25, -0.2) is 4.98 Å². The van der Waals surface area contributed by atoms with Gasteiger partial charge in [-0.3, -0.25) is 9.59 Å². The minimum Gasteiger partial charge on any atom is -0.462 e. The lowest BCUT2D eigenvalue weighted by Crippen LogP contribution is -2.48. The fourth-order valence-corrected chi connectivity index (χ4v) is 3.41. The molecule has 2 aromatic heterocycles. The Bertz CT molecular complexity index is 680. The summed E-state index contributed by atoms with van der Waals surface area (Å²) in [7, 11) is 0. The number of nitrogens with zero attached hydrogens (tertiary/aromatic N) is 2. The minimum atomic E-state index is -0.348. The summed E-state index contributed by atoms with van der Waals surface area (Å²) in [4.78, 5) is 30.1. The molecule has 2 N–H and O–H groups in total. The van der Waals surface area contributed by atoms with E-state index in [1.54, 1.807) is 28.7 Å². The van der Waals surface area contributed by atoms with Crippen LogP contribution in [-0.2, 0) is 4.79 Å². The van der Waals surface area contributed by atoms with E-state index in [0.29, 0.717) is 23.0 Å². The summed E-state index contributed by atoms with van der Waals surface area (Å²) < 4.78 is 5.29. The van der Waals surface area contributed by atoms with Gasteiger partial charge in [0.1, 0.15) is 5.69 Å². The van der Waals surface area contributed by atoms with E-state index in [-0.39, 0.29) is 23.8 Å². The highest BCUT2D eigenvalue weighted by atomic mass is 32.1. The summed E-state index contributed by atoms with van der Waals surface area (Å²) in [5.41, 5.74) is 5.76. The monoisotopic (exact) mass is 319 g/mol. The van der Waals surface area contributed by atoms with E-state index >= 15 is 0 Å². The molecule has 6 nitrogen and oxygen atoms in total. The van der Waals surface area contributed by atoms with Crippen LogP contribution in [0, 0.1) is 5.92 Å². The zero-order chi connectivity index (χ0) is 15.7. The third-order valence-corrected chi connectivity index (χ3v) is 4.86. The van der Waals surface area contributed by atoms with Gasteiger partial charge in [0.05, 0.1) is 12.2 Å². The van der Waals surface area contributed by atoms with Crippen LogP contribution in [0.15, 0.2) is 28.2 Å². The Morgan fingerprint density at radius 2 is 2.27 bits per heavy atom. The average Bonchev–Trinajstić information content (AvgIpc) is 3.17. The minimum absolute atomic E-state index is 0.0804. The van der Waals surface area contributed by atoms with Gasteiger partial charge in [-0.15, -0.1) is 11.3 Å². The first-order chi connectivity index (χ1) is 10.6. The summed E-state index contributed by atoms with van der Waals surface area (Å²) in [6.07, 6.45) is 3.08. The molecule has 0 aliphatic carbocycles. The molecule has 2 aromatic rings. The molecular formula is C15H17N3O3S. The molecule has 116 valence electrons. The molecule has 0 unspecified atom stereocenters. The summed E-state index contributed by atoms with van der Waals surface area (Å²) in [6.45, 7) is 2.35. The van der Waals surface area contributed by atoms with Crippen LogP contribution in [0.2, 0.25) is 0 Å². The summed E-state index contributed by atoms with van der Waals surface area (Å²) >= 11 is 1.36. The van der Waals surface area contributed by atoms with Crippen molar-refractivity contribution in [1.82, 2.24) is 9.88 Å². The van der Waals surface area contributed by atoms with E-state index < -0.39 is 0 Å². The highest BCUT2D eigenvalue weighted by Gasteiger charge is 2.33. The molecule has 3 rings (SSSR count). The Hall–Kier alpha value is -2.15. The fourth-order valence-electron chi connectivity index (χ4n) is 2.65. The number of piperidine rings is 1. The van der Waals surface area contributed by atoms with Crippen molar-refractivity contribution in [3.63, 3.8) is 0 Å². The molecule has 1 saturated heterocycles. The van der Waals surface area contributed by atoms with Gasteiger partial charge in [-0.2, -0.15) is 0 Å². The van der Waals surface area contributed by atoms with Crippen molar-refractivity contribution in [3.05, 3.63) is 29.5 Å². The van der Waals surface area contributed by atoms with E-state index in [0.717, 1.165) is 12.8 Å². The van der Waals surface area contributed by atoms with Crippen molar-refractivity contribution in [3.8, 4) is 10.8 Å². The number of hydrogen-bond acceptors (Lipinski definition) is 5. The number of primary amides is 1. The number of rotatable bonds is 3. The standard InChI is InChI=1S/C15H17N3O3S/c1-9-4-5-10(13(16)19)7-18(9)15(20)11-8-22-14(17-11)12-3-2-6-21-12/h2-3,6,8-10H,4-5,7H2,1H3,(H2,16,19)/t9-,10-/m1/s1. The molecule has 0 radical (unpaired) electrons. The number of carbonyl (C=O) groups is 2. The van der Waals surface area contributed by atoms with Crippen molar-refractivity contribution < 1.29 is 14.0 Å². The number of aromatic nitrogens is 1. The molecule has 1 fully saturated rings. The predicted octanol–water partition coefficient (Wildman–Crippen LogP) is 2.13. The van der Waals surface area contributed by atoms with E-state index in [1.807, 2.05) is 6.92 Å². The molecule has 0 aromatic carbocycles. The molecular weight excluding hydrogens is 302 g/mol. The highest BCUT2D eigenvalue weighted by molar-refractivity contribution is 7.13. The second-order valence-electron chi connectivity index (χ2n) is 5.50. The van der Waals surface area contributed by atoms with Gasteiger partial charge >= 0.3 is 0 Å². The number of thiazole rings is 1. The SMILES string of the molecule is C[C@@H]1CC[C@@H](C(N)=O)CN1C(=O)c1csc(-c2ccco2)n1. The lowest BCUT2D eigenvalue weighted by atomic mass is 9.93. The van der Waals surface area contributed by atoms with Gasteiger partial charge in [0.15, 0.2) is 10.8 Å². The van der Waals surface area contributed by atoms with Crippen molar-refractivity contribution in [2.45, 2.75) is 25.8 Å². The van der Waals surface area contributed by atoms with Gasteiger partial charge in [0.25, 0.3) is 5.91 Å². The quantitative estimate of drug-likeness (QED) is 0.938. The number of hydrogen-bond donors (Lipinski definition) is 1. The van der Waals surface area contributed by atoms with Crippen molar-refractivity contribution in [1.29, 1.82) is 0 Å². The van der Waals surface area contributed by atoms with Crippen molar-refractivity contribution in [2.24, 2.45) is 11.7 Å². The van der Waals surface area contributed by atoms with E-state index in [2.05, 4.69) is 4.98 Å². The maximum absolute atomic E-state index is 12.6. The summed E-state index contributed by atoms with van der Waals surface area (Å²) in [6, 6.07) is 3.67. The van der Waals surface area contributed by atoms with Crippen molar-refractivity contribution in [2.75, 3.05) is 6.54 Å². The maximum Gasteiger partial charge on any atom is 0.273 e. The Balaban J connectivity index is 1.79. The summed E-state index contributed by atoms with van der Waals surface area (Å²) in [5, 5.41) is 2.39. The van der Waals surface area contributed by atoms with E-state index in [4.69, 9.17) is 10.2 Å². The number of furan rings is 1. The maximum atomic E-state index is 12.6. The molecule has 7 heteroatoms. The molecule has 1 aliphatic heterocycles. The molecule has 0 spiro atoms. The third kappa shape index (κ3) is 2.76. The predicted molar refractivity (Wildman–Crippen MR) is 82.2 cm³/mol. The molecule has 1 aliphatic rings. The number of likely N-dealkylation sites (tertiary alicyclic amines) is 1. The molecule has 2 amide bonds. The normalized spacial score (nSPS) is 21.8. The number of amides is 2. The highest BCUT2D eigenvalue weighted by Crippen LogP contribution is 2.27. The Morgan fingerprint density at radius 3 is 2.95 bits per heavy atom. The van der Waals surface area contributed by atoms with E-state index in [9.17, 15) is 9.59 Å². The van der Waals surface area contributed by atoms with Gasteiger partial charge in [0, 0.05) is 18.0 Å². The van der Waals surface area contributed by atoms with Gasteiger partial charge < -0.3 is 15.1 Å². The number of nitrogens with two attached hydrogens (primary N) is 1. The van der Waals surface area contributed by atoms with Crippen LogP contribution in [0.5, 0.6) is 0 Å². The largest absolute Gasteiger partial charge is 0.462 e. The van der Waals surface area contributed by atoms with Crippen LogP contribution in [0.4, 0.5) is 0 Å². The smallest absolute Gasteiger partial charge is 0.273 e. The van der Waals surface area contributed by atoms with Crippen LogP contribution < -0.4 is 5.73 Å². The Kier molecular flexibility index (Phi) is 3.98. The zero-order valence-electron chi connectivity index (χ0n) is 12.2. The van der Waals surface area contributed by atoms with Crippen LogP contribution in [0.3, 0.4) is 0 Å². The molecule has 0 saturated carbocycles. The Labute approximate surface area is 131 Å². The lowest BCUT2D eigenvalue weighted by Gasteiger charge is -2.36. The van der Waals surface area contributed by atoms with Crippen LogP contribution >= 0.6 is 11.3 Å². The number of carbonyl (C=O) groups excluding carboxylic acids is 2. The second kappa shape index (κ2) is 5.92. The fraction of sp³-hybridized carbons (Fsp3) is 0.400. The van der Waals surface area contributed by atoms with Gasteiger partial charge in [-0.1, -0.05) is 0 Å². The van der Waals surface area contributed by atoms with Crippen LogP contribution in [0.1, 0.15) is 30.3 Å². The van der Waals surface area contributed by atoms with Gasteiger partial charge in [0.2, 0.25) is 5.91 Å². The topological polar surface area (TPSA) is 89.4 Å². The first-order valence-electron chi connectivity index (χ1n) is 7.16. The zero-order valence-corrected chi connectivity index (χ0v) is 13.0. The third-order valence-electron chi connectivity index (χ3n) is 4.00. The molecule has 3 heterocycles. The summed E-state index contributed by atoms with van der Waals surface area (Å²) in [5.74, 6) is -0.138. The first kappa shape index (κ1) is 14.8. The van der Waals surface area contributed by atoms with Crippen LogP contribution in [0.25, 0.3) is 10.8 Å². The average molecular weight is 319 g/mol. The second-order valence-corrected chi connectivity index (χ2v) is 6.36. The first-order valence-corrected chi connectivity index (χ1v) is 8.04. The lowest BCUT2D eigenvalue weighted by molar-refractivity contribution is -0.123.